The van der Waals surface area contributed by atoms with E-state index < -0.39 is 30.4 Å². The maximum atomic E-state index is 12.7. The number of aryl methyl sites for hydroxylation is 1. The first-order valence-corrected chi connectivity index (χ1v) is 9.74. The van der Waals surface area contributed by atoms with Gasteiger partial charge in [0.25, 0.3) is 11.8 Å². The van der Waals surface area contributed by atoms with Crippen LogP contribution in [0.2, 0.25) is 0 Å². The zero-order chi connectivity index (χ0) is 21.5. The van der Waals surface area contributed by atoms with E-state index in [1.54, 1.807) is 67.6 Å². The highest BCUT2D eigenvalue weighted by Crippen LogP contribution is 2.20. The molecule has 0 aliphatic heterocycles. The predicted octanol–water partition coefficient (Wildman–Crippen LogP) is 3.40. The molecule has 2 N–H and O–H groups in total. The molecule has 0 radical (unpaired) electrons. The molecule has 3 aromatic rings. The zero-order valence-electron chi connectivity index (χ0n) is 15.9. The lowest BCUT2D eigenvalue weighted by molar-refractivity contribution is -0.153. The lowest BCUT2D eigenvalue weighted by atomic mass is 10.1. The number of carbonyl (C=O) groups is 3. The molecule has 1 aromatic heterocycles. The third-order valence-electron chi connectivity index (χ3n) is 3.95. The van der Waals surface area contributed by atoms with Crippen LogP contribution in [0.4, 0.5) is 5.82 Å². The summed E-state index contributed by atoms with van der Waals surface area (Å²) in [6.07, 6.45) is -1.22. The number of benzene rings is 2. The Morgan fingerprint density at radius 3 is 2.53 bits per heavy atom. The number of carbonyl (C=O) groups excluding carboxylic acids is 3. The van der Waals surface area contributed by atoms with Crippen LogP contribution in [0, 0.1) is 6.92 Å². The highest BCUT2D eigenvalue weighted by Gasteiger charge is 2.26. The molecule has 0 fully saturated rings. The lowest BCUT2D eigenvalue weighted by Crippen LogP contribution is -2.33. The van der Waals surface area contributed by atoms with Crippen LogP contribution in [-0.4, -0.2) is 29.5 Å². The summed E-state index contributed by atoms with van der Waals surface area (Å²) in [6.45, 7) is 1.29. The van der Waals surface area contributed by atoms with E-state index in [1.807, 2.05) is 0 Å². The van der Waals surface area contributed by atoms with Crippen molar-refractivity contribution in [3.8, 4) is 0 Å². The lowest BCUT2D eigenvalue weighted by Gasteiger charge is -2.17. The van der Waals surface area contributed by atoms with Crippen LogP contribution in [0.5, 0.6) is 0 Å². The van der Waals surface area contributed by atoms with Crippen molar-refractivity contribution in [1.29, 1.82) is 0 Å². The van der Waals surface area contributed by atoms with E-state index in [0.29, 0.717) is 16.9 Å². The molecular weight excluding hydrogens is 454 g/mol. The summed E-state index contributed by atoms with van der Waals surface area (Å²) in [5, 5.41) is 8.73. The van der Waals surface area contributed by atoms with Crippen molar-refractivity contribution < 1.29 is 23.6 Å². The van der Waals surface area contributed by atoms with E-state index in [9.17, 15) is 14.4 Å². The molecule has 0 spiro atoms. The van der Waals surface area contributed by atoms with Gasteiger partial charge in [-0.25, -0.2) is 0 Å². The van der Waals surface area contributed by atoms with Gasteiger partial charge in [0.1, 0.15) is 12.3 Å². The largest absolute Gasteiger partial charge is 0.446 e. The Kier molecular flexibility index (Phi) is 6.97. The quantitative estimate of drug-likeness (QED) is 0.510. The van der Waals surface area contributed by atoms with Crippen LogP contribution in [0.25, 0.3) is 0 Å². The Morgan fingerprint density at radius 1 is 1.10 bits per heavy atom. The van der Waals surface area contributed by atoms with Crippen molar-refractivity contribution in [1.82, 2.24) is 10.5 Å². The average Bonchev–Trinajstić information content (AvgIpc) is 3.15. The summed E-state index contributed by atoms with van der Waals surface area (Å²) < 4.78 is 11.0. The number of aromatic nitrogens is 1. The van der Waals surface area contributed by atoms with E-state index in [1.165, 1.54) is 0 Å². The first-order chi connectivity index (χ1) is 14.4. The summed E-state index contributed by atoms with van der Waals surface area (Å²) in [7, 11) is 0. The number of amides is 2. The van der Waals surface area contributed by atoms with Crippen LogP contribution in [0.3, 0.4) is 0 Å². The van der Waals surface area contributed by atoms with Gasteiger partial charge < -0.3 is 19.9 Å². The van der Waals surface area contributed by atoms with Gasteiger partial charge in [-0.05, 0) is 25.1 Å². The molecule has 0 aliphatic rings. The molecule has 9 heteroatoms. The number of hydrogen-bond donors (Lipinski definition) is 2. The summed E-state index contributed by atoms with van der Waals surface area (Å²) in [4.78, 5) is 37.2. The molecular formula is C21H18BrN3O5. The normalized spacial score (nSPS) is 11.4. The maximum Gasteiger partial charge on any atom is 0.326 e. The highest BCUT2D eigenvalue weighted by molar-refractivity contribution is 9.10. The van der Waals surface area contributed by atoms with Crippen LogP contribution in [-0.2, 0) is 14.3 Å². The van der Waals surface area contributed by atoms with Gasteiger partial charge in [0.15, 0.2) is 5.82 Å². The second-order valence-electron chi connectivity index (χ2n) is 6.29. The summed E-state index contributed by atoms with van der Waals surface area (Å²) in [5.41, 5.74) is 0.859. The number of nitrogens with one attached hydrogen (secondary N) is 2. The first-order valence-electron chi connectivity index (χ1n) is 8.95. The number of nitrogens with zero attached hydrogens (tertiary/aromatic N) is 1. The van der Waals surface area contributed by atoms with Gasteiger partial charge in [-0.1, -0.05) is 57.5 Å². The Balaban J connectivity index is 1.65. The fourth-order valence-corrected chi connectivity index (χ4v) is 2.97. The van der Waals surface area contributed by atoms with Gasteiger partial charge in [-0.15, -0.1) is 0 Å². The van der Waals surface area contributed by atoms with Crippen molar-refractivity contribution in [3.05, 3.63) is 82.0 Å². The number of halogens is 1. The standard InChI is InChI=1S/C21H18BrN3O5/c1-13-10-17(25-30-13)24-21(28)19(14-6-3-2-4-7-14)29-18(26)12-23-20(27)15-8-5-9-16(22)11-15/h2-11,19H,12H2,1H3,(H,23,27)(H,24,25,28). The molecule has 2 amide bonds. The van der Waals surface area contributed by atoms with Crippen LogP contribution >= 0.6 is 15.9 Å². The van der Waals surface area contributed by atoms with Gasteiger partial charge in [0.2, 0.25) is 6.10 Å². The number of anilines is 1. The van der Waals surface area contributed by atoms with E-state index in [4.69, 9.17) is 9.26 Å². The third kappa shape index (κ3) is 5.77. The molecule has 1 atom stereocenters. The van der Waals surface area contributed by atoms with Crippen molar-refractivity contribution in [2.45, 2.75) is 13.0 Å². The molecule has 30 heavy (non-hydrogen) atoms. The second kappa shape index (κ2) is 9.84. The van der Waals surface area contributed by atoms with Crippen LogP contribution in [0.15, 0.2) is 69.7 Å². The van der Waals surface area contributed by atoms with E-state index in [0.717, 1.165) is 4.47 Å². The Labute approximate surface area is 180 Å². The van der Waals surface area contributed by atoms with Gasteiger partial charge in [0.05, 0.1) is 0 Å². The number of rotatable bonds is 7. The van der Waals surface area contributed by atoms with Gasteiger partial charge in [0, 0.05) is 21.7 Å². The van der Waals surface area contributed by atoms with E-state index in [2.05, 4.69) is 31.7 Å². The average molecular weight is 472 g/mol. The van der Waals surface area contributed by atoms with Crippen molar-refractivity contribution >= 4 is 39.5 Å². The van der Waals surface area contributed by atoms with Gasteiger partial charge >= 0.3 is 5.97 Å². The predicted molar refractivity (Wildman–Crippen MR) is 112 cm³/mol. The molecule has 0 bridgehead atoms. The third-order valence-corrected chi connectivity index (χ3v) is 4.44. The van der Waals surface area contributed by atoms with Crippen molar-refractivity contribution in [2.75, 3.05) is 11.9 Å². The minimum atomic E-state index is -1.22. The first kappa shape index (κ1) is 21.3. The van der Waals surface area contributed by atoms with Crippen LogP contribution < -0.4 is 10.6 Å². The van der Waals surface area contributed by atoms with E-state index in [-0.39, 0.29) is 5.82 Å². The molecule has 1 heterocycles. The molecule has 0 saturated carbocycles. The summed E-state index contributed by atoms with van der Waals surface area (Å²) in [6, 6.07) is 16.8. The molecule has 2 aromatic carbocycles. The molecule has 154 valence electrons. The van der Waals surface area contributed by atoms with Gasteiger partial charge in [-0.3, -0.25) is 14.4 Å². The summed E-state index contributed by atoms with van der Waals surface area (Å²) in [5.74, 6) is -1.07. The molecule has 8 nitrogen and oxygen atoms in total. The monoisotopic (exact) mass is 471 g/mol. The second-order valence-corrected chi connectivity index (χ2v) is 7.20. The Morgan fingerprint density at radius 2 is 1.87 bits per heavy atom. The Bertz CT molecular complexity index is 1050. The number of ether oxygens (including phenoxy) is 1. The fraction of sp³-hybridized carbons (Fsp3) is 0.143. The number of esters is 1. The van der Waals surface area contributed by atoms with E-state index >= 15 is 0 Å². The SMILES string of the molecule is Cc1cc(NC(=O)C(OC(=O)CNC(=O)c2cccc(Br)c2)c2ccccc2)no1. The summed E-state index contributed by atoms with van der Waals surface area (Å²) >= 11 is 3.29. The highest BCUT2D eigenvalue weighted by atomic mass is 79.9. The van der Waals surface area contributed by atoms with Crippen molar-refractivity contribution in [3.63, 3.8) is 0 Å². The molecule has 0 aliphatic carbocycles. The fourth-order valence-electron chi connectivity index (χ4n) is 2.58. The Hall–Kier alpha value is -3.46. The topological polar surface area (TPSA) is 111 Å². The molecule has 3 rings (SSSR count). The molecule has 0 saturated heterocycles. The van der Waals surface area contributed by atoms with Crippen LogP contribution in [0.1, 0.15) is 27.8 Å². The molecule has 1 unspecified atom stereocenters. The maximum absolute atomic E-state index is 12.7. The minimum absolute atomic E-state index is 0.206. The minimum Gasteiger partial charge on any atom is -0.446 e. The smallest absolute Gasteiger partial charge is 0.326 e. The zero-order valence-corrected chi connectivity index (χ0v) is 17.5. The van der Waals surface area contributed by atoms with Gasteiger partial charge in [-0.2, -0.15) is 0 Å². The number of hydrogen-bond acceptors (Lipinski definition) is 6. The van der Waals surface area contributed by atoms with Crippen molar-refractivity contribution in [2.24, 2.45) is 0 Å².